The lowest BCUT2D eigenvalue weighted by Gasteiger charge is -2.12. The van der Waals surface area contributed by atoms with Crippen LogP contribution in [0.5, 0.6) is 0 Å². The van der Waals surface area contributed by atoms with E-state index in [2.05, 4.69) is 4.72 Å². The Morgan fingerprint density at radius 3 is 2.44 bits per heavy atom. The number of hydrogen-bond acceptors (Lipinski definition) is 2. The van der Waals surface area contributed by atoms with Gasteiger partial charge in [0.05, 0.1) is 0 Å². The Hall–Kier alpha value is -1.20. The van der Waals surface area contributed by atoms with Crippen LogP contribution in [0.2, 0.25) is 0 Å². The van der Waals surface area contributed by atoms with Gasteiger partial charge >= 0.3 is 0 Å². The molecule has 16 heavy (non-hydrogen) atoms. The SMILES string of the molecule is O=S(=O)(NC1CC=CC1)c1ccccc1F. The lowest BCUT2D eigenvalue weighted by atomic mass is 10.3. The third-order valence-electron chi connectivity index (χ3n) is 2.46. The van der Waals surface area contributed by atoms with Crippen molar-refractivity contribution >= 4 is 10.0 Å². The molecule has 0 heterocycles. The summed E-state index contributed by atoms with van der Waals surface area (Å²) in [5.74, 6) is -0.721. The maximum Gasteiger partial charge on any atom is 0.243 e. The largest absolute Gasteiger partial charge is 0.243 e. The molecule has 1 aliphatic rings. The number of halogens is 1. The van der Waals surface area contributed by atoms with Crippen LogP contribution < -0.4 is 4.72 Å². The van der Waals surface area contributed by atoms with Crippen molar-refractivity contribution in [3.63, 3.8) is 0 Å². The Kier molecular flexibility index (Phi) is 3.07. The smallest absolute Gasteiger partial charge is 0.207 e. The van der Waals surface area contributed by atoms with Gasteiger partial charge in [-0.15, -0.1) is 0 Å². The highest BCUT2D eigenvalue weighted by molar-refractivity contribution is 7.89. The number of hydrogen-bond donors (Lipinski definition) is 1. The fourth-order valence-electron chi connectivity index (χ4n) is 1.66. The van der Waals surface area contributed by atoms with E-state index in [1.165, 1.54) is 18.2 Å². The molecule has 0 unspecified atom stereocenters. The van der Waals surface area contributed by atoms with Gasteiger partial charge in [0.1, 0.15) is 10.7 Å². The molecule has 1 aliphatic carbocycles. The van der Waals surface area contributed by atoms with Crippen molar-refractivity contribution in [1.29, 1.82) is 0 Å². The highest BCUT2D eigenvalue weighted by Crippen LogP contribution is 2.17. The Morgan fingerprint density at radius 2 is 1.81 bits per heavy atom. The summed E-state index contributed by atoms with van der Waals surface area (Å²) in [5, 5.41) is 0. The Balaban J connectivity index is 2.22. The predicted molar refractivity (Wildman–Crippen MR) is 58.9 cm³/mol. The topological polar surface area (TPSA) is 46.2 Å². The van der Waals surface area contributed by atoms with Crippen molar-refractivity contribution in [2.75, 3.05) is 0 Å². The quantitative estimate of drug-likeness (QED) is 0.820. The van der Waals surface area contributed by atoms with E-state index in [0.29, 0.717) is 12.8 Å². The molecule has 0 spiro atoms. The molecule has 3 nitrogen and oxygen atoms in total. The van der Waals surface area contributed by atoms with Crippen LogP contribution in [0.1, 0.15) is 12.8 Å². The van der Waals surface area contributed by atoms with E-state index in [1.54, 1.807) is 0 Å². The van der Waals surface area contributed by atoms with E-state index in [9.17, 15) is 12.8 Å². The van der Waals surface area contributed by atoms with Gasteiger partial charge in [0.25, 0.3) is 0 Å². The summed E-state index contributed by atoms with van der Waals surface area (Å²) in [6.07, 6.45) is 5.14. The molecule has 0 radical (unpaired) electrons. The van der Waals surface area contributed by atoms with Gasteiger partial charge in [0, 0.05) is 6.04 Å². The van der Waals surface area contributed by atoms with Crippen LogP contribution in [0.15, 0.2) is 41.3 Å². The molecule has 86 valence electrons. The monoisotopic (exact) mass is 241 g/mol. The summed E-state index contributed by atoms with van der Waals surface area (Å²) in [6.45, 7) is 0. The molecule has 0 aliphatic heterocycles. The molecule has 0 atom stereocenters. The lowest BCUT2D eigenvalue weighted by Crippen LogP contribution is -2.33. The molecule has 1 aromatic carbocycles. The van der Waals surface area contributed by atoms with Crippen LogP contribution in [0, 0.1) is 5.82 Å². The average molecular weight is 241 g/mol. The maximum atomic E-state index is 13.3. The van der Waals surface area contributed by atoms with Gasteiger partial charge in [-0.3, -0.25) is 0 Å². The van der Waals surface area contributed by atoms with Crippen LogP contribution in [-0.2, 0) is 10.0 Å². The summed E-state index contributed by atoms with van der Waals surface area (Å²) >= 11 is 0. The van der Waals surface area contributed by atoms with Crippen molar-refractivity contribution in [3.8, 4) is 0 Å². The highest BCUT2D eigenvalue weighted by Gasteiger charge is 2.22. The number of rotatable bonds is 3. The van der Waals surface area contributed by atoms with Crippen LogP contribution >= 0.6 is 0 Å². The molecule has 0 saturated heterocycles. The second-order valence-electron chi connectivity index (χ2n) is 3.69. The van der Waals surface area contributed by atoms with E-state index >= 15 is 0 Å². The zero-order chi connectivity index (χ0) is 11.6. The Labute approximate surface area is 94.0 Å². The molecule has 1 N–H and O–H groups in total. The number of sulfonamides is 1. The fourth-order valence-corrected chi connectivity index (χ4v) is 3.00. The normalized spacial score (nSPS) is 16.8. The van der Waals surface area contributed by atoms with Gasteiger partial charge in [0.2, 0.25) is 10.0 Å². The van der Waals surface area contributed by atoms with Crippen LogP contribution in [0.3, 0.4) is 0 Å². The third-order valence-corrected chi connectivity index (χ3v) is 4.01. The van der Waals surface area contributed by atoms with Crippen molar-refractivity contribution in [1.82, 2.24) is 4.72 Å². The van der Waals surface area contributed by atoms with Gasteiger partial charge < -0.3 is 0 Å². The minimum absolute atomic E-state index is 0.149. The van der Waals surface area contributed by atoms with Gasteiger partial charge in [-0.05, 0) is 25.0 Å². The van der Waals surface area contributed by atoms with E-state index in [-0.39, 0.29) is 10.9 Å². The zero-order valence-electron chi connectivity index (χ0n) is 8.56. The maximum absolute atomic E-state index is 13.3. The molecule has 0 bridgehead atoms. The van der Waals surface area contributed by atoms with Gasteiger partial charge in [-0.2, -0.15) is 0 Å². The second-order valence-corrected chi connectivity index (χ2v) is 5.37. The molecule has 0 saturated carbocycles. The molecule has 5 heteroatoms. The molecule has 0 fully saturated rings. The van der Waals surface area contributed by atoms with Crippen molar-refractivity contribution in [2.24, 2.45) is 0 Å². The van der Waals surface area contributed by atoms with Crippen molar-refractivity contribution in [2.45, 2.75) is 23.8 Å². The zero-order valence-corrected chi connectivity index (χ0v) is 9.37. The summed E-state index contributed by atoms with van der Waals surface area (Å²) in [6, 6.07) is 5.22. The first-order chi connectivity index (χ1) is 7.59. The Bertz CT molecular complexity index is 502. The molecule has 1 aromatic rings. The first-order valence-electron chi connectivity index (χ1n) is 5.01. The highest BCUT2D eigenvalue weighted by atomic mass is 32.2. The Morgan fingerprint density at radius 1 is 1.19 bits per heavy atom. The van der Waals surface area contributed by atoms with Crippen LogP contribution in [0.25, 0.3) is 0 Å². The molecular formula is C11H12FNO2S. The minimum Gasteiger partial charge on any atom is -0.207 e. The molecule has 0 amide bonds. The van der Waals surface area contributed by atoms with E-state index < -0.39 is 15.8 Å². The van der Waals surface area contributed by atoms with Crippen molar-refractivity contribution in [3.05, 3.63) is 42.2 Å². The number of benzene rings is 1. The summed E-state index contributed by atoms with van der Waals surface area (Å²) in [7, 11) is -3.74. The average Bonchev–Trinajstić information content (AvgIpc) is 2.70. The van der Waals surface area contributed by atoms with E-state index in [1.807, 2.05) is 12.2 Å². The third kappa shape index (κ3) is 2.31. The standard InChI is InChI=1S/C11H12FNO2S/c12-10-7-3-4-8-11(10)16(14,15)13-9-5-1-2-6-9/h1-4,7-9,13H,5-6H2. The number of nitrogens with one attached hydrogen (secondary N) is 1. The van der Waals surface area contributed by atoms with Gasteiger partial charge in [-0.25, -0.2) is 17.5 Å². The van der Waals surface area contributed by atoms with Gasteiger partial charge in [-0.1, -0.05) is 24.3 Å². The molecule has 2 rings (SSSR count). The van der Waals surface area contributed by atoms with E-state index in [0.717, 1.165) is 6.07 Å². The fraction of sp³-hybridized carbons (Fsp3) is 0.273. The minimum atomic E-state index is -3.74. The summed E-state index contributed by atoms with van der Waals surface area (Å²) < 4.78 is 39.5. The predicted octanol–water partition coefficient (Wildman–Crippen LogP) is 1.82. The second kappa shape index (κ2) is 4.35. The summed E-state index contributed by atoms with van der Waals surface area (Å²) in [5.41, 5.74) is 0. The van der Waals surface area contributed by atoms with Crippen LogP contribution in [-0.4, -0.2) is 14.5 Å². The van der Waals surface area contributed by atoms with Gasteiger partial charge in [0.15, 0.2) is 0 Å². The molecule has 0 aromatic heterocycles. The first kappa shape index (κ1) is 11.3. The van der Waals surface area contributed by atoms with E-state index in [4.69, 9.17) is 0 Å². The first-order valence-corrected chi connectivity index (χ1v) is 6.50. The van der Waals surface area contributed by atoms with Crippen molar-refractivity contribution < 1.29 is 12.8 Å². The molecular weight excluding hydrogens is 229 g/mol. The lowest BCUT2D eigenvalue weighted by molar-refractivity contribution is 0.540. The summed E-state index contributed by atoms with van der Waals surface area (Å²) in [4.78, 5) is -0.290. The van der Waals surface area contributed by atoms with Crippen LogP contribution in [0.4, 0.5) is 4.39 Å².